The van der Waals surface area contributed by atoms with Crippen LogP contribution in [-0.4, -0.2) is 6.04 Å². The van der Waals surface area contributed by atoms with Crippen molar-refractivity contribution in [1.29, 1.82) is 0 Å². The molecule has 0 radical (unpaired) electrons. The van der Waals surface area contributed by atoms with Gasteiger partial charge in [-0.1, -0.05) is 17.7 Å². The summed E-state index contributed by atoms with van der Waals surface area (Å²) in [5.41, 5.74) is 7.42. The van der Waals surface area contributed by atoms with Crippen molar-refractivity contribution in [3.63, 3.8) is 0 Å². The minimum Gasteiger partial charge on any atom is -0.328 e. The Labute approximate surface area is 75.3 Å². The molecule has 0 aromatic carbocycles. The smallest absolute Gasteiger partial charge is 0.00449 e. The number of allylic oxidation sites excluding steroid dienone is 3. The van der Waals surface area contributed by atoms with E-state index in [2.05, 4.69) is 12.7 Å². The third-order valence-electron chi connectivity index (χ3n) is 2.48. The second kappa shape index (κ2) is 5.15. The number of unbranched alkanes of at least 4 members (excludes halogenated alkanes) is 1. The summed E-state index contributed by atoms with van der Waals surface area (Å²) in [6.45, 7) is 3.71. The molecule has 1 aliphatic carbocycles. The van der Waals surface area contributed by atoms with Gasteiger partial charge in [0, 0.05) is 6.04 Å². The average molecular weight is 165 g/mol. The molecule has 1 heteroatoms. The standard InChI is InChI=1S/C11H19N/c1-2-3-4-5-10-6-8-11(12)9-7-10/h2,5,11H,1,3-4,6-9,12H2. The summed E-state index contributed by atoms with van der Waals surface area (Å²) < 4.78 is 0. The minimum atomic E-state index is 0.460. The first-order valence-corrected chi connectivity index (χ1v) is 4.87. The molecular weight excluding hydrogens is 146 g/mol. The second-order valence-corrected chi connectivity index (χ2v) is 3.57. The van der Waals surface area contributed by atoms with Gasteiger partial charge in [0.2, 0.25) is 0 Å². The molecule has 1 rings (SSSR count). The van der Waals surface area contributed by atoms with Gasteiger partial charge in [-0.3, -0.25) is 0 Å². The normalized spacial score (nSPS) is 23.8. The summed E-state index contributed by atoms with van der Waals surface area (Å²) in [5.74, 6) is 0. The topological polar surface area (TPSA) is 26.0 Å². The van der Waals surface area contributed by atoms with Crippen LogP contribution in [0.4, 0.5) is 0 Å². The molecule has 0 saturated heterocycles. The lowest BCUT2D eigenvalue weighted by molar-refractivity contribution is 0.510. The number of rotatable bonds is 3. The van der Waals surface area contributed by atoms with Gasteiger partial charge in [-0.25, -0.2) is 0 Å². The summed E-state index contributed by atoms with van der Waals surface area (Å²) in [6.07, 6.45) is 11.4. The number of nitrogens with two attached hydrogens (primary N) is 1. The highest BCUT2D eigenvalue weighted by Gasteiger charge is 2.11. The van der Waals surface area contributed by atoms with E-state index in [4.69, 9.17) is 5.73 Å². The van der Waals surface area contributed by atoms with Crippen LogP contribution in [0.2, 0.25) is 0 Å². The molecule has 1 saturated carbocycles. The predicted octanol–water partition coefficient (Wildman–Crippen LogP) is 2.78. The first-order chi connectivity index (χ1) is 5.83. The van der Waals surface area contributed by atoms with E-state index in [-0.39, 0.29) is 0 Å². The van der Waals surface area contributed by atoms with Crippen molar-refractivity contribution < 1.29 is 0 Å². The van der Waals surface area contributed by atoms with Gasteiger partial charge < -0.3 is 5.73 Å². The molecule has 0 bridgehead atoms. The van der Waals surface area contributed by atoms with Crippen molar-refractivity contribution in [3.8, 4) is 0 Å². The van der Waals surface area contributed by atoms with Crippen LogP contribution >= 0.6 is 0 Å². The van der Waals surface area contributed by atoms with Crippen LogP contribution in [0.1, 0.15) is 38.5 Å². The van der Waals surface area contributed by atoms with E-state index in [0.717, 1.165) is 12.8 Å². The van der Waals surface area contributed by atoms with Crippen LogP contribution in [0.25, 0.3) is 0 Å². The first-order valence-electron chi connectivity index (χ1n) is 4.87. The summed E-state index contributed by atoms with van der Waals surface area (Å²) in [5, 5.41) is 0. The van der Waals surface area contributed by atoms with E-state index in [1.165, 1.54) is 25.7 Å². The van der Waals surface area contributed by atoms with Gasteiger partial charge >= 0.3 is 0 Å². The zero-order valence-electron chi connectivity index (χ0n) is 7.76. The fourth-order valence-corrected chi connectivity index (χ4v) is 1.62. The van der Waals surface area contributed by atoms with Crippen molar-refractivity contribution in [2.75, 3.05) is 0 Å². The Hall–Kier alpha value is -0.560. The average Bonchev–Trinajstić information content (AvgIpc) is 2.09. The van der Waals surface area contributed by atoms with E-state index < -0.39 is 0 Å². The number of hydrogen-bond donors (Lipinski definition) is 1. The zero-order valence-corrected chi connectivity index (χ0v) is 7.76. The Morgan fingerprint density at radius 1 is 1.33 bits per heavy atom. The maximum Gasteiger partial charge on any atom is 0.00449 e. The lowest BCUT2D eigenvalue weighted by Crippen LogP contribution is -2.23. The van der Waals surface area contributed by atoms with E-state index in [0.29, 0.717) is 6.04 Å². The van der Waals surface area contributed by atoms with E-state index in [1.54, 1.807) is 5.57 Å². The molecule has 0 aromatic rings. The Kier molecular flexibility index (Phi) is 4.09. The molecule has 12 heavy (non-hydrogen) atoms. The molecular formula is C11H19N. The van der Waals surface area contributed by atoms with E-state index in [1.807, 2.05) is 6.08 Å². The third-order valence-corrected chi connectivity index (χ3v) is 2.48. The van der Waals surface area contributed by atoms with E-state index >= 15 is 0 Å². The fourth-order valence-electron chi connectivity index (χ4n) is 1.62. The molecule has 0 heterocycles. The highest BCUT2D eigenvalue weighted by atomic mass is 14.6. The fraction of sp³-hybridized carbons (Fsp3) is 0.636. The molecule has 1 fully saturated rings. The van der Waals surface area contributed by atoms with Crippen LogP contribution < -0.4 is 5.73 Å². The largest absolute Gasteiger partial charge is 0.328 e. The van der Waals surface area contributed by atoms with Crippen molar-refractivity contribution in [1.82, 2.24) is 0 Å². The lowest BCUT2D eigenvalue weighted by Gasteiger charge is -2.19. The molecule has 0 aromatic heterocycles. The highest BCUT2D eigenvalue weighted by molar-refractivity contribution is 5.06. The van der Waals surface area contributed by atoms with Gasteiger partial charge in [0.25, 0.3) is 0 Å². The minimum absolute atomic E-state index is 0.460. The molecule has 2 N–H and O–H groups in total. The van der Waals surface area contributed by atoms with Gasteiger partial charge in [-0.15, -0.1) is 6.58 Å². The van der Waals surface area contributed by atoms with Crippen LogP contribution in [0, 0.1) is 0 Å². The third kappa shape index (κ3) is 3.22. The Bertz CT molecular complexity index is 160. The summed E-state index contributed by atoms with van der Waals surface area (Å²) in [6, 6.07) is 0.460. The van der Waals surface area contributed by atoms with Crippen LogP contribution in [-0.2, 0) is 0 Å². The van der Waals surface area contributed by atoms with Crippen molar-refractivity contribution in [2.45, 2.75) is 44.6 Å². The lowest BCUT2D eigenvalue weighted by atomic mass is 9.91. The van der Waals surface area contributed by atoms with Crippen LogP contribution in [0.15, 0.2) is 24.3 Å². The molecule has 68 valence electrons. The highest BCUT2D eigenvalue weighted by Crippen LogP contribution is 2.22. The second-order valence-electron chi connectivity index (χ2n) is 3.57. The summed E-state index contributed by atoms with van der Waals surface area (Å²) in [4.78, 5) is 0. The summed E-state index contributed by atoms with van der Waals surface area (Å²) in [7, 11) is 0. The maximum absolute atomic E-state index is 5.81. The van der Waals surface area contributed by atoms with Gasteiger partial charge in [-0.05, 0) is 38.5 Å². The number of hydrogen-bond acceptors (Lipinski definition) is 1. The van der Waals surface area contributed by atoms with Gasteiger partial charge in [-0.2, -0.15) is 0 Å². The predicted molar refractivity (Wildman–Crippen MR) is 54.0 cm³/mol. The monoisotopic (exact) mass is 165 g/mol. The van der Waals surface area contributed by atoms with E-state index in [9.17, 15) is 0 Å². The summed E-state index contributed by atoms with van der Waals surface area (Å²) >= 11 is 0. The molecule has 0 unspecified atom stereocenters. The van der Waals surface area contributed by atoms with Crippen LogP contribution in [0.5, 0.6) is 0 Å². The Balaban J connectivity index is 2.23. The molecule has 0 spiro atoms. The Morgan fingerprint density at radius 3 is 2.58 bits per heavy atom. The molecule has 0 atom stereocenters. The first kappa shape index (κ1) is 9.53. The van der Waals surface area contributed by atoms with Gasteiger partial charge in [0.1, 0.15) is 0 Å². The quantitative estimate of drug-likeness (QED) is 0.505. The van der Waals surface area contributed by atoms with Gasteiger partial charge in [0.05, 0.1) is 0 Å². The Morgan fingerprint density at radius 2 is 2.00 bits per heavy atom. The molecule has 0 aliphatic heterocycles. The van der Waals surface area contributed by atoms with Crippen molar-refractivity contribution >= 4 is 0 Å². The molecule has 1 nitrogen and oxygen atoms in total. The maximum atomic E-state index is 5.81. The van der Waals surface area contributed by atoms with Gasteiger partial charge in [0.15, 0.2) is 0 Å². The van der Waals surface area contributed by atoms with Crippen molar-refractivity contribution in [2.24, 2.45) is 5.73 Å². The SMILES string of the molecule is C=CCCC=C1CCC(N)CC1. The van der Waals surface area contributed by atoms with Crippen LogP contribution in [0.3, 0.4) is 0 Å². The molecule has 1 aliphatic rings. The zero-order chi connectivity index (χ0) is 8.81. The molecule has 0 amide bonds. The van der Waals surface area contributed by atoms with Crippen molar-refractivity contribution in [3.05, 3.63) is 24.3 Å².